The Labute approximate surface area is 168 Å². The van der Waals surface area contributed by atoms with Crippen molar-refractivity contribution in [1.29, 1.82) is 0 Å². The van der Waals surface area contributed by atoms with E-state index in [-0.39, 0.29) is 24.2 Å². The lowest BCUT2D eigenvalue weighted by Gasteiger charge is -2.30. The third-order valence-corrected chi connectivity index (χ3v) is 4.91. The fourth-order valence-electron chi connectivity index (χ4n) is 3.06. The normalized spacial score (nSPS) is 18.0. The summed E-state index contributed by atoms with van der Waals surface area (Å²) in [5.74, 6) is -1.43. The Morgan fingerprint density at radius 3 is 2.75 bits per heavy atom. The van der Waals surface area contributed by atoms with E-state index in [4.69, 9.17) is 16.3 Å². The fourth-order valence-corrected chi connectivity index (χ4v) is 3.16. The fraction of sp³-hybridized carbons (Fsp3) is 0.350. The van der Waals surface area contributed by atoms with Gasteiger partial charge in [-0.05, 0) is 22.4 Å². The van der Waals surface area contributed by atoms with Gasteiger partial charge in [-0.15, -0.1) is 11.6 Å². The minimum atomic E-state index is -1.19. The van der Waals surface area contributed by atoms with Crippen molar-refractivity contribution in [3.63, 3.8) is 0 Å². The Kier molecular flexibility index (Phi) is 6.49. The first-order valence-corrected chi connectivity index (χ1v) is 9.51. The third-order valence-electron chi connectivity index (χ3n) is 4.67. The Morgan fingerprint density at radius 2 is 2.00 bits per heavy atom. The number of alkyl halides is 1. The predicted octanol–water partition coefficient (Wildman–Crippen LogP) is 1.21. The number of amides is 3. The van der Waals surface area contributed by atoms with E-state index in [1.54, 1.807) is 7.05 Å². The lowest BCUT2D eigenvalue weighted by molar-refractivity contribution is -0.159. The molecule has 8 heteroatoms. The number of nitrogens with zero attached hydrogens (tertiary/aromatic N) is 1. The third kappa shape index (κ3) is 4.61. The number of hydrogen-bond donors (Lipinski definition) is 2. The zero-order valence-corrected chi connectivity index (χ0v) is 16.2. The monoisotopic (exact) mass is 403 g/mol. The maximum absolute atomic E-state index is 12.7. The zero-order valence-electron chi connectivity index (χ0n) is 15.5. The van der Waals surface area contributed by atoms with Crippen molar-refractivity contribution in [2.24, 2.45) is 0 Å². The van der Waals surface area contributed by atoms with E-state index in [1.165, 1.54) is 4.90 Å². The SMILES string of the molecule is CN1CCOC(C(=O)NC(CNC(=O)CCl)c2ccc3ccccc3c2)C1=O. The number of hydrogen-bond acceptors (Lipinski definition) is 4. The number of fused-ring (bicyclic) bond motifs is 1. The molecule has 1 heterocycles. The van der Waals surface area contributed by atoms with Crippen LogP contribution >= 0.6 is 11.6 Å². The molecule has 1 fully saturated rings. The highest BCUT2D eigenvalue weighted by Gasteiger charge is 2.34. The van der Waals surface area contributed by atoms with E-state index in [0.717, 1.165) is 16.3 Å². The highest BCUT2D eigenvalue weighted by molar-refractivity contribution is 6.27. The number of carbonyl (C=O) groups excluding carboxylic acids is 3. The first-order valence-electron chi connectivity index (χ1n) is 8.98. The van der Waals surface area contributed by atoms with Crippen molar-refractivity contribution in [2.45, 2.75) is 12.1 Å². The predicted molar refractivity (Wildman–Crippen MR) is 106 cm³/mol. The second kappa shape index (κ2) is 9.03. The molecule has 2 unspecified atom stereocenters. The van der Waals surface area contributed by atoms with E-state index in [0.29, 0.717) is 13.2 Å². The van der Waals surface area contributed by atoms with Gasteiger partial charge in [0, 0.05) is 20.1 Å². The molecule has 1 saturated heterocycles. The number of rotatable bonds is 6. The Hall–Kier alpha value is -2.64. The number of halogens is 1. The summed E-state index contributed by atoms with van der Waals surface area (Å²) in [5.41, 5.74) is 0.804. The molecular formula is C20H22ClN3O4. The van der Waals surface area contributed by atoms with E-state index in [2.05, 4.69) is 10.6 Å². The Bertz CT molecular complexity index is 889. The van der Waals surface area contributed by atoms with Crippen molar-refractivity contribution in [3.8, 4) is 0 Å². The number of nitrogens with one attached hydrogen (secondary N) is 2. The molecule has 0 radical (unpaired) electrons. The maximum atomic E-state index is 12.7. The largest absolute Gasteiger partial charge is 0.357 e. The molecular weight excluding hydrogens is 382 g/mol. The van der Waals surface area contributed by atoms with Gasteiger partial charge in [-0.2, -0.15) is 0 Å². The maximum Gasteiger partial charge on any atom is 0.261 e. The van der Waals surface area contributed by atoms with Crippen LogP contribution in [0, 0.1) is 0 Å². The molecule has 0 saturated carbocycles. The van der Waals surface area contributed by atoms with Crippen LogP contribution in [-0.4, -0.2) is 61.3 Å². The number of likely N-dealkylation sites (N-methyl/N-ethyl adjacent to an activating group) is 1. The van der Waals surface area contributed by atoms with Crippen LogP contribution in [0.5, 0.6) is 0 Å². The standard InChI is InChI=1S/C20H22ClN3O4/c1-24-8-9-28-18(20(24)27)19(26)23-16(12-22-17(25)11-21)15-7-6-13-4-2-3-5-14(13)10-15/h2-7,10,16,18H,8-9,11-12H2,1H3,(H,22,25)(H,23,26). The molecule has 0 bridgehead atoms. The minimum Gasteiger partial charge on any atom is -0.357 e. The lowest BCUT2D eigenvalue weighted by Crippen LogP contribution is -2.53. The molecule has 0 aromatic heterocycles. The van der Waals surface area contributed by atoms with Gasteiger partial charge in [0.25, 0.3) is 11.8 Å². The van der Waals surface area contributed by atoms with Crippen molar-refractivity contribution in [2.75, 3.05) is 32.6 Å². The molecule has 0 spiro atoms. The van der Waals surface area contributed by atoms with Crippen LogP contribution in [-0.2, 0) is 19.1 Å². The van der Waals surface area contributed by atoms with Gasteiger partial charge in [0.2, 0.25) is 12.0 Å². The van der Waals surface area contributed by atoms with Crippen LogP contribution in [0.2, 0.25) is 0 Å². The van der Waals surface area contributed by atoms with E-state index in [1.807, 2.05) is 42.5 Å². The molecule has 28 heavy (non-hydrogen) atoms. The Balaban J connectivity index is 1.82. The summed E-state index contributed by atoms with van der Waals surface area (Å²) in [4.78, 5) is 38.0. The molecule has 2 aromatic carbocycles. The minimum absolute atomic E-state index is 0.145. The van der Waals surface area contributed by atoms with Crippen LogP contribution in [0.25, 0.3) is 10.8 Å². The van der Waals surface area contributed by atoms with Gasteiger partial charge in [-0.3, -0.25) is 14.4 Å². The summed E-state index contributed by atoms with van der Waals surface area (Å²) in [6.45, 7) is 0.888. The topological polar surface area (TPSA) is 87.7 Å². The number of morpholine rings is 1. The van der Waals surface area contributed by atoms with Gasteiger partial charge in [0.15, 0.2) is 0 Å². The quantitative estimate of drug-likeness (QED) is 0.560. The van der Waals surface area contributed by atoms with Crippen LogP contribution in [0.1, 0.15) is 11.6 Å². The average Bonchev–Trinajstić information content (AvgIpc) is 2.72. The van der Waals surface area contributed by atoms with E-state index < -0.39 is 18.1 Å². The van der Waals surface area contributed by atoms with Gasteiger partial charge < -0.3 is 20.3 Å². The molecule has 2 N–H and O–H groups in total. The highest BCUT2D eigenvalue weighted by Crippen LogP contribution is 2.21. The number of benzene rings is 2. The van der Waals surface area contributed by atoms with Gasteiger partial charge >= 0.3 is 0 Å². The smallest absolute Gasteiger partial charge is 0.261 e. The first kappa shape index (κ1) is 20.1. The summed E-state index contributed by atoms with van der Waals surface area (Å²) in [6.07, 6.45) is -1.19. The van der Waals surface area contributed by atoms with Gasteiger partial charge in [0.1, 0.15) is 5.88 Å². The van der Waals surface area contributed by atoms with Crippen LogP contribution in [0.3, 0.4) is 0 Å². The molecule has 148 valence electrons. The van der Waals surface area contributed by atoms with Crippen molar-refractivity contribution < 1.29 is 19.1 Å². The second-order valence-corrected chi connectivity index (χ2v) is 6.88. The molecule has 2 atom stereocenters. The van der Waals surface area contributed by atoms with E-state index in [9.17, 15) is 14.4 Å². The summed E-state index contributed by atoms with van der Waals surface area (Å²) in [6, 6.07) is 13.1. The molecule has 3 rings (SSSR count). The summed E-state index contributed by atoms with van der Waals surface area (Å²) in [7, 11) is 1.63. The molecule has 1 aliphatic heterocycles. The summed E-state index contributed by atoms with van der Waals surface area (Å²) < 4.78 is 5.36. The van der Waals surface area contributed by atoms with Gasteiger partial charge in [-0.25, -0.2) is 0 Å². The summed E-state index contributed by atoms with van der Waals surface area (Å²) in [5, 5.41) is 7.58. The zero-order chi connectivity index (χ0) is 20.1. The number of carbonyl (C=O) groups is 3. The second-order valence-electron chi connectivity index (χ2n) is 6.62. The van der Waals surface area contributed by atoms with Crippen molar-refractivity contribution in [1.82, 2.24) is 15.5 Å². The highest BCUT2D eigenvalue weighted by atomic mass is 35.5. The molecule has 3 amide bonds. The Morgan fingerprint density at radius 1 is 1.25 bits per heavy atom. The van der Waals surface area contributed by atoms with Gasteiger partial charge in [-0.1, -0.05) is 36.4 Å². The van der Waals surface area contributed by atoms with Crippen molar-refractivity contribution >= 4 is 40.1 Å². The van der Waals surface area contributed by atoms with Crippen LogP contribution in [0.4, 0.5) is 0 Å². The number of ether oxygens (including phenoxy) is 1. The van der Waals surface area contributed by atoms with E-state index >= 15 is 0 Å². The lowest BCUT2D eigenvalue weighted by atomic mass is 10.0. The van der Waals surface area contributed by atoms with Crippen molar-refractivity contribution in [3.05, 3.63) is 48.0 Å². The molecule has 1 aliphatic rings. The van der Waals surface area contributed by atoms with Gasteiger partial charge in [0.05, 0.1) is 12.6 Å². The van der Waals surface area contributed by atoms with Crippen LogP contribution < -0.4 is 10.6 Å². The summed E-state index contributed by atoms with van der Waals surface area (Å²) >= 11 is 5.55. The average molecular weight is 404 g/mol. The molecule has 0 aliphatic carbocycles. The van der Waals surface area contributed by atoms with Crippen LogP contribution in [0.15, 0.2) is 42.5 Å². The molecule has 7 nitrogen and oxygen atoms in total. The first-order chi connectivity index (χ1) is 13.5. The molecule has 2 aromatic rings.